The van der Waals surface area contributed by atoms with Crippen molar-refractivity contribution in [3.05, 3.63) is 34.4 Å². The molecule has 126 valence electrons. The number of carbonyl (C=O) groups excluding carboxylic acids is 2. The molecule has 0 spiro atoms. The molecule has 1 aliphatic carbocycles. The van der Waals surface area contributed by atoms with Crippen molar-refractivity contribution in [3.63, 3.8) is 0 Å². The van der Waals surface area contributed by atoms with E-state index in [1.165, 1.54) is 18.1 Å². The summed E-state index contributed by atoms with van der Waals surface area (Å²) in [7, 11) is 0. The lowest BCUT2D eigenvalue weighted by Gasteiger charge is -2.42. The molecule has 0 aliphatic heterocycles. The van der Waals surface area contributed by atoms with Gasteiger partial charge in [0.25, 0.3) is 0 Å². The Kier molecular flexibility index (Phi) is 4.70. The van der Waals surface area contributed by atoms with Gasteiger partial charge in [0.1, 0.15) is 0 Å². The molecule has 0 radical (unpaired) electrons. The monoisotopic (exact) mass is 316 g/mol. The third-order valence-electron chi connectivity index (χ3n) is 5.16. The Bertz CT molecular complexity index is 639. The summed E-state index contributed by atoms with van der Waals surface area (Å²) in [5.41, 5.74) is 4.57. The highest BCUT2D eigenvalue weighted by molar-refractivity contribution is 5.99. The van der Waals surface area contributed by atoms with Crippen LogP contribution in [0.1, 0.15) is 81.4 Å². The molecule has 1 aromatic rings. The molecule has 0 amide bonds. The van der Waals surface area contributed by atoms with E-state index in [0.29, 0.717) is 5.56 Å². The maximum Gasteiger partial charge on any atom is 0.303 e. The fraction of sp³-hybridized carbons (Fsp3) is 0.600. The number of ether oxygens (including phenoxy) is 1. The molecule has 0 bridgehead atoms. The van der Waals surface area contributed by atoms with E-state index < -0.39 is 5.97 Å². The molecule has 3 heteroatoms. The number of fused-ring (bicyclic) bond motifs is 1. The molecular weight excluding hydrogens is 288 g/mol. The standard InChI is InChI=1S/C20H28O3/c1-7-14-10-16-17(20(5,6)9-8-19(16,3)4)11-15(14)18(22)12-23-13(2)21/h10-11H,7-9,12H2,1-6H3. The van der Waals surface area contributed by atoms with Crippen LogP contribution in [0.2, 0.25) is 0 Å². The normalized spacial score (nSPS) is 18.2. The van der Waals surface area contributed by atoms with Crippen molar-refractivity contribution in [1.29, 1.82) is 0 Å². The predicted octanol–water partition coefficient (Wildman–Crippen LogP) is 4.34. The summed E-state index contributed by atoms with van der Waals surface area (Å²) in [5, 5.41) is 0. The van der Waals surface area contributed by atoms with Crippen LogP contribution in [0.4, 0.5) is 0 Å². The molecule has 0 atom stereocenters. The first-order valence-corrected chi connectivity index (χ1v) is 8.43. The third kappa shape index (κ3) is 3.49. The van der Waals surface area contributed by atoms with Gasteiger partial charge in [-0.05, 0) is 52.8 Å². The molecule has 1 aliphatic rings. The number of Topliss-reactive ketones (excluding diaryl/α,β-unsaturated/α-hetero) is 1. The highest BCUT2D eigenvalue weighted by Crippen LogP contribution is 2.46. The SMILES string of the molecule is CCc1cc2c(cc1C(=O)COC(C)=O)C(C)(C)CCC2(C)C. The highest BCUT2D eigenvalue weighted by Gasteiger charge is 2.38. The zero-order valence-corrected chi connectivity index (χ0v) is 15.2. The van der Waals surface area contributed by atoms with Gasteiger partial charge in [0.05, 0.1) is 0 Å². The van der Waals surface area contributed by atoms with Crippen molar-refractivity contribution >= 4 is 11.8 Å². The topological polar surface area (TPSA) is 43.4 Å². The summed E-state index contributed by atoms with van der Waals surface area (Å²) < 4.78 is 4.91. The lowest BCUT2D eigenvalue weighted by Crippen LogP contribution is -2.34. The van der Waals surface area contributed by atoms with E-state index in [1.54, 1.807) is 0 Å². The van der Waals surface area contributed by atoms with Crippen LogP contribution in [0.5, 0.6) is 0 Å². The predicted molar refractivity (Wildman–Crippen MR) is 92.1 cm³/mol. The van der Waals surface area contributed by atoms with Crippen molar-refractivity contribution in [1.82, 2.24) is 0 Å². The molecule has 0 aromatic heterocycles. The average Bonchev–Trinajstić information content (AvgIpc) is 2.48. The first-order chi connectivity index (χ1) is 10.6. The molecule has 0 unspecified atom stereocenters. The summed E-state index contributed by atoms with van der Waals surface area (Å²) in [5.74, 6) is -0.533. The van der Waals surface area contributed by atoms with Crippen LogP contribution < -0.4 is 0 Å². The van der Waals surface area contributed by atoms with Gasteiger partial charge in [0, 0.05) is 12.5 Å². The van der Waals surface area contributed by atoms with E-state index in [4.69, 9.17) is 4.74 Å². The van der Waals surface area contributed by atoms with Crippen molar-refractivity contribution in [2.75, 3.05) is 6.61 Å². The van der Waals surface area contributed by atoms with Crippen molar-refractivity contribution in [2.24, 2.45) is 0 Å². The van der Waals surface area contributed by atoms with Crippen LogP contribution in [0.3, 0.4) is 0 Å². The molecule has 0 saturated heterocycles. The van der Waals surface area contributed by atoms with Crippen LogP contribution in [-0.4, -0.2) is 18.4 Å². The van der Waals surface area contributed by atoms with E-state index in [9.17, 15) is 9.59 Å². The molecule has 0 heterocycles. The molecule has 23 heavy (non-hydrogen) atoms. The maximum absolute atomic E-state index is 12.5. The quantitative estimate of drug-likeness (QED) is 0.613. The first-order valence-electron chi connectivity index (χ1n) is 8.43. The molecule has 0 N–H and O–H groups in total. The minimum atomic E-state index is -0.421. The van der Waals surface area contributed by atoms with Gasteiger partial charge in [0.2, 0.25) is 5.78 Å². The molecule has 0 fully saturated rings. The number of benzene rings is 1. The number of esters is 1. The minimum absolute atomic E-state index is 0.0631. The molecule has 1 aromatic carbocycles. The first kappa shape index (κ1) is 17.7. The van der Waals surface area contributed by atoms with Gasteiger partial charge in [-0.3, -0.25) is 9.59 Å². The number of aryl methyl sites for hydroxylation is 1. The van der Waals surface area contributed by atoms with Gasteiger partial charge < -0.3 is 4.74 Å². The summed E-state index contributed by atoms with van der Waals surface area (Å²) >= 11 is 0. The number of rotatable bonds is 4. The summed E-state index contributed by atoms with van der Waals surface area (Å²) in [6, 6.07) is 4.26. The van der Waals surface area contributed by atoms with E-state index >= 15 is 0 Å². The lowest BCUT2D eigenvalue weighted by molar-refractivity contribution is -0.139. The maximum atomic E-state index is 12.5. The molecule has 0 saturated carbocycles. The second kappa shape index (κ2) is 6.10. The largest absolute Gasteiger partial charge is 0.457 e. The fourth-order valence-electron chi connectivity index (χ4n) is 3.46. The Morgan fingerprint density at radius 1 is 1.04 bits per heavy atom. The highest BCUT2D eigenvalue weighted by atomic mass is 16.5. The van der Waals surface area contributed by atoms with Crippen LogP contribution in [0.15, 0.2) is 12.1 Å². The zero-order valence-electron chi connectivity index (χ0n) is 15.2. The van der Waals surface area contributed by atoms with E-state index in [2.05, 4.69) is 46.8 Å². The summed E-state index contributed by atoms with van der Waals surface area (Å²) in [6.45, 7) is 12.3. The van der Waals surface area contributed by atoms with Crippen LogP contribution in [-0.2, 0) is 26.8 Å². The zero-order chi connectivity index (χ0) is 17.4. The van der Waals surface area contributed by atoms with Crippen molar-refractivity contribution in [3.8, 4) is 0 Å². The van der Waals surface area contributed by atoms with E-state index in [0.717, 1.165) is 24.8 Å². The summed E-state index contributed by atoms with van der Waals surface area (Å²) in [4.78, 5) is 23.5. The van der Waals surface area contributed by atoms with Gasteiger partial charge in [-0.25, -0.2) is 0 Å². The van der Waals surface area contributed by atoms with Crippen molar-refractivity contribution in [2.45, 2.75) is 71.6 Å². The second-order valence-corrected chi connectivity index (χ2v) is 7.88. The number of hydrogen-bond donors (Lipinski definition) is 0. The van der Waals surface area contributed by atoms with E-state index in [-0.39, 0.29) is 23.2 Å². The Morgan fingerprint density at radius 2 is 1.57 bits per heavy atom. The number of hydrogen-bond acceptors (Lipinski definition) is 3. The van der Waals surface area contributed by atoms with Gasteiger partial charge in [-0.1, -0.05) is 40.7 Å². The van der Waals surface area contributed by atoms with Crippen LogP contribution >= 0.6 is 0 Å². The Hall–Kier alpha value is -1.64. The Labute approximate surface area is 139 Å². The molecule has 3 nitrogen and oxygen atoms in total. The molecular formula is C20H28O3. The number of carbonyl (C=O) groups is 2. The lowest BCUT2D eigenvalue weighted by atomic mass is 9.62. The number of ketones is 1. The summed E-state index contributed by atoms with van der Waals surface area (Å²) in [6.07, 6.45) is 3.05. The third-order valence-corrected chi connectivity index (χ3v) is 5.16. The van der Waals surface area contributed by atoms with Gasteiger partial charge in [0.15, 0.2) is 6.61 Å². The Balaban J connectivity index is 2.53. The van der Waals surface area contributed by atoms with Crippen LogP contribution in [0.25, 0.3) is 0 Å². The van der Waals surface area contributed by atoms with E-state index in [1.807, 2.05) is 0 Å². The second-order valence-electron chi connectivity index (χ2n) is 7.88. The van der Waals surface area contributed by atoms with Gasteiger partial charge >= 0.3 is 5.97 Å². The fourth-order valence-corrected chi connectivity index (χ4v) is 3.46. The smallest absolute Gasteiger partial charge is 0.303 e. The average molecular weight is 316 g/mol. The van der Waals surface area contributed by atoms with Gasteiger partial charge in [-0.2, -0.15) is 0 Å². The van der Waals surface area contributed by atoms with Gasteiger partial charge in [-0.15, -0.1) is 0 Å². The van der Waals surface area contributed by atoms with Crippen LogP contribution in [0, 0.1) is 0 Å². The van der Waals surface area contributed by atoms with Crippen molar-refractivity contribution < 1.29 is 14.3 Å². The minimum Gasteiger partial charge on any atom is -0.457 e. The molecule has 2 rings (SSSR count). The Morgan fingerprint density at radius 3 is 2.04 bits per heavy atom.